The number of aliphatic hydroxyl groups excluding tert-OH is 1. The van der Waals surface area contributed by atoms with Gasteiger partial charge in [0, 0.05) is 19.7 Å². The van der Waals surface area contributed by atoms with E-state index in [1.807, 2.05) is 6.92 Å². The molecule has 0 radical (unpaired) electrons. The van der Waals surface area contributed by atoms with Crippen LogP contribution in [0.1, 0.15) is 19.8 Å². The summed E-state index contributed by atoms with van der Waals surface area (Å²) in [5.74, 6) is 0.117. The van der Waals surface area contributed by atoms with Crippen LogP contribution in [-0.4, -0.2) is 49.2 Å². The Morgan fingerprint density at radius 2 is 2.41 bits per heavy atom. The Labute approximate surface area is 101 Å². The molecule has 1 saturated heterocycles. The van der Waals surface area contributed by atoms with Crippen molar-refractivity contribution in [2.45, 2.75) is 25.8 Å². The number of hydrogen-bond donors (Lipinski definition) is 4. The Hall–Kier alpha value is -1.14. The lowest BCUT2D eigenvalue weighted by atomic mass is 10.1. The number of nitrogens with one attached hydrogen (secondary N) is 3. The van der Waals surface area contributed by atoms with Crippen LogP contribution in [0.3, 0.4) is 0 Å². The van der Waals surface area contributed by atoms with Crippen molar-refractivity contribution in [3.63, 3.8) is 0 Å². The maximum atomic E-state index is 11.6. The van der Waals surface area contributed by atoms with Gasteiger partial charge in [0.1, 0.15) is 6.04 Å². The predicted octanol–water partition coefficient (Wildman–Crippen LogP) is -1.40. The summed E-state index contributed by atoms with van der Waals surface area (Å²) < 4.78 is 0. The fourth-order valence-corrected chi connectivity index (χ4v) is 1.63. The fraction of sp³-hybridized carbons (Fsp3) is 0.818. The van der Waals surface area contributed by atoms with Crippen molar-refractivity contribution >= 4 is 11.8 Å². The second kappa shape index (κ2) is 7.24. The van der Waals surface area contributed by atoms with Crippen molar-refractivity contribution in [2.75, 3.05) is 26.2 Å². The molecule has 4 N–H and O–H groups in total. The maximum absolute atomic E-state index is 11.6. The van der Waals surface area contributed by atoms with Crippen molar-refractivity contribution in [1.29, 1.82) is 0 Å². The van der Waals surface area contributed by atoms with Crippen LogP contribution in [0.2, 0.25) is 0 Å². The first-order valence-corrected chi connectivity index (χ1v) is 6.02. The number of piperazine rings is 1. The topological polar surface area (TPSA) is 90.5 Å². The summed E-state index contributed by atoms with van der Waals surface area (Å²) in [5.41, 5.74) is 0. The van der Waals surface area contributed by atoms with Gasteiger partial charge in [0.15, 0.2) is 0 Å². The Bertz CT molecular complexity index is 261. The van der Waals surface area contributed by atoms with Crippen LogP contribution < -0.4 is 16.0 Å². The SMILES string of the molecule is CC(CO)CCCNC(=O)C1CNC(=O)CN1. The van der Waals surface area contributed by atoms with Crippen LogP contribution in [0.5, 0.6) is 0 Å². The van der Waals surface area contributed by atoms with Crippen LogP contribution in [0.15, 0.2) is 0 Å². The highest BCUT2D eigenvalue weighted by atomic mass is 16.3. The molecule has 17 heavy (non-hydrogen) atoms. The summed E-state index contributed by atoms with van der Waals surface area (Å²) in [6.45, 7) is 3.30. The molecule has 0 spiro atoms. The Balaban J connectivity index is 2.10. The molecule has 1 heterocycles. The first kappa shape index (κ1) is 13.9. The Kier molecular flexibility index (Phi) is 5.93. The molecule has 6 heteroatoms. The maximum Gasteiger partial charge on any atom is 0.238 e. The highest BCUT2D eigenvalue weighted by Crippen LogP contribution is 2.02. The molecule has 1 aliphatic heterocycles. The summed E-state index contributed by atoms with van der Waals surface area (Å²) in [5, 5.41) is 17.1. The number of aliphatic hydroxyl groups is 1. The number of hydrogen-bond acceptors (Lipinski definition) is 4. The molecule has 98 valence electrons. The van der Waals surface area contributed by atoms with Crippen LogP contribution in [-0.2, 0) is 9.59 Å². The van der Waals surface area contributed by atoms with E-state index in [-0.39, 0.29) is 36.9 Å². The largest absolute Gasteiger partial charge is 0.396 e. The van der Waals surface area contributed by atoms with E-state index in [2.05, 4.69) is 16.0 Å². The van der Waals surface area contributed by atoms with Crippen LogP contribution in [0, 0.1) is 5.92 Å². The molecule has 0 aliphatic carbocycles. The van der Waals surface area contributed by atoms with Crippen LogP contribution >= 0.6 is 0 Å². The summed E-state index contributed by atoms with van der Waals surface area (Å²) in [7, 11) is 0. The van der Waals surface area contributed by atoms with Crippen LogP contribution in [0.25, 0.3) is 0 Å². The van der Waals surface area contributed by atoms with E-state index in [9.17, 15) is 9.59 Å². The van der Waals surface area contributed by atoms with E-state index >= 15 is 0 Å². The van der Waals surface area contributed by atoms with Gasteiger partial charge < -0.3 is 15.7 Å². The molecule has 2 unspecified atom stereocenters. The summed E-state index contributed by atoms with van der Waals surface area (Å²) in [4.78, 5) is 22.5. The number of amides is 2. The van der Waals surface area contributed by atoms with E-state index in [4.69, 9.17) is 5.11 Å². The monoisotopic (exact) mass is 243 g/mol. The number of carbonyl (C=O) groups is 2. The number of rotatable bonds is 6. The Morgan fingerprint density at radius 1 is 1.65 bits per heavy atom. The predicted molar refractivity (Wildman–Crippen MR) is 63.3 cm³/mol. The standard InChI is InChI=1S/C11H21N3O3/c1-8(7-15)3-2-4-12-11(17)9-5-14-10(16)6-13-9/h8-9,13,15H,2-7H2,1H3,(H,12,17)(H,14,16). The molecule has 0 aromatic heterocycles. The molecule has 2 amide bonds. The highest BCUT2D eigenvalue weighted by Gasteiger charge is 2.22. The van der Waals surface area contributed by atoms with Crippen molar-refractivity contribution in [3.05, 3.63) is 0 Å². The first-order valence-electron chi connectivity index (χ1n) is 6.02. The lowest BCUT2D eigenvalue weighted by molar-refractivity contribution is -0.126. The second-order valence-corrected chi connectivity index (χ2v) is 4.46. The van der Waals surface area contributed by atoms with Gasteiger partial charge in [0.2, 0.25) is 11.8 Å². The van der Waals surface area contributed by atoms with Gasteiger partial charge in [-0.3, -0.25) is 14.9 Å². The smallest absolute Gasteiger partial charge is 0.238 e. The van der Waals surface area contributed by atoms with Gasteiger partial charge in [-0.05, 0) is 18.8 Å². The van der Waals surface area contributed by atoms with Gasteiger partial charge in [0.25, 0.3) is 0 Å². The molecule has 0 aromatic rings. The molecule has 0 bridgehead atoms. The fourth-order valence-electron chi connectivity index (χ4n) is 1.63. The van der Waals surface area contributed by atoms with Gasteiger partial charge >= 0.3 is 0 Å². The zero-order chi connectivity index (χ0) is 12.7. The lowest BCUT2D eigenvalue weighted by Crippen LogP contribution is -2.58. The molecular formula is C11H21N3O3. The van der Waals surface area contributed by atoms with Crippen LogP contribution in [0.4, 0.5) is 0 Å². The molecule has 0 saturated carbocycles. The summed E-state index contributed by atoms with van der Waals surface area (Å²) >= 11 is 0. The highest BCUT2D eigenvalue weighted by molar-refractivity contribution is 5.86. The molecule has 0 aromatic carbocycles. The third kappa shape index (κ3) is 5.14. The molecular weight excluding hydrogens is 222 g/mol. The van der Waals surface area contributed by atoms with E-state index in [1.165, 1.54) is 0 Å². The zero-order valence-electron chi connectivity index (χ0n) is 10.2. The van der Waals surface area contributed by atoms with Gasteiger partial charge in [-0.1, -0.05) is 6.92 Å². The molecule has 1 fully saturated rings. The Morgan fingerprint density at radius 3 is 3.00 bits per heavy atom. The van der Waals surface area contributed by atoms with Gasteiger partial charge in [-0.2, -0.15) is 0 Å². The van der Waals surface area contributed by atoms with E-state index < -0.39 is 0 Å². The van der Waals surface area contributed by atoms with Crippen molar-refractivity contribution in [2.24, 2.45) is 5.92 Å². The van der Waals surface area contributed by atoms with Crippen molar-refractivity contribution in [1.82, 2.24) is 16.0 Å². The third-order valence-corrected chi connectivity index (χ3v) is 2.81. The minimum absolute atomic E-state index is 0.0779. The quantitative estimate of drug-likeness (QED) is 0.432. The summed E-state index contributed by atoms with van der Waals surface area (Å²) in [6, 6.07) is -0.331. The molecule has 1 rings (SSSR count). The average Bonchev–Trinajstić information content (AvgIpc) is 2.34. The molecule has 1 aliphatic rings. The minimum Gasteiger partial charge on any atom is -0.396 e. The number of carbonyl (C=O) groups excluding carboxylic acids is 2. The minimum atomic E-state index is -0.331. The lowest BCUT2D eigenvalue weighted by Gasteiger charge is -2.23. The normalized spacial score (nSPS) is 21.8. The van der Waals surface area contributed by atoms with Crippen molar-refractivity contribution in [3.8, 4) is 0 Å². The average molecular weight is 243 g/mol. The van der Waals surface area contributed by atoms with E-state index in [1.54, 1.807) is 0 Å². The van der Waals surface area contributed by atoms with Gasteiger partial charge in [0.05, 0.1) is 6.54 Å². The van der Waals surface area contributed by atoms with E-state index in [0.717, 1.165) is 12.8 Å². The summed E-state index contributed by atoms with van der Waals surface area (Å²) in [6.07, 6.45) is 1.75. The molecule has 6 nitrogen and oxygen atoms in total. The third-order valence-electron chi connectivity index (χ3n) is 2.81. The molecule has 2 atom stereocenters. The first-order chi connectivity index (χ1) is 8.13. The van der Waals surface area contributed by atoms with E-state index in [0.29, 0.717) is 13.1 Å². The van der Waals surface area contributed by atoms with Gasteiger partial charge in [-0.15, -0.1) is 0 Å². The van der Waals surface area contributed by atoms with Gasteiger partial charge in [-0.25, -0.2) is 0 Å². The zero-order valence-corrected chi connectivity index (χ0v) is 10.2. The second-order valence-electron chi connectivity index (χ2n) is 4.46. The van der Waals surface area contributed by atoms with Crippen molar-refractivity contribution < 1.29 is 14.7 Å².